The van der Waals surface area contributed by atoms with Gasteiger partial charge in [0, 0.05) is 18.9 Å². The molecule has 1 amide bonds. The van der Waals surface area contributed by atoms with E-state index in [4.69, 9.17) is 4.74 Å². The highest BCUT2D eigenvalue weighted by Gasteiger charge is 2.41. The Balaban J connectivity index is 2.33. The summed E-state index contributed by atoms with van der Waals surface area (Å²) in [4.78, 5) is 36.2. The lowest BCUT2D eigenvalue weighted by molar-refractivity contribution is -0.150. The lowest BCUT2D eigenvalue weighted by Gasteiger charge is -2.25. The quantitative estimate of drug-likeness (QED) is 0.569. The monoisotopic (exact) mass is 400 g/mol. The summed E-state index contributed by atoms with van der Waals surface area (Å²) in [6, 6.07) is 10.4. The van der Waals surface area contributed by atoms with Crippen molar-refractivity contribution < 1.29 is 27.9 Å². The highest BCUT2D eigenvalue weighted by Crippen LogP contribution is 2.20. The second-order valence-corrected chi connectivity index (χ2v) is 6.22. The topological polar surface area (TPSA) is 96.3 Å². The van der Waals surface area contributed by atoms with Gasteiger partial charge in [0.1, 0.15) is 17.7 Å². The van der Waals surface area contributed by atoms with E-state index in [1.54, 1.807) is 13.0 Å². The summed E-state index contributed by atoms with van der Waals surface area (Å²) >= 11 is 0. The Kier molecular flexibility index (Phi) is 6.78. The first-order valence-electron chi connectivity index (χ1n) is 8.69. The third-order valence-corrected chi connectivity index (χ3v) is 4.08. The van der Waals surface area contributed by atoms with E-state index in [-0.39, 0.29) is 18.6 Å². The maximum Gasteiger partial charge on any atom is 0.347 e. The fourth-order valence-corrected chi connectivity index (χ4v) is 2.77. The Morgan fingerprint density at radius 3 is 2.17 bits per heavy atom. The number of hydrogen-bond acceptors (Lipinski definition) is 5. The Hall–Kier alpha value is -3.60. The van der Waals surface area contributed by atoms with Crippen LogP contribution in [0.1, 0.15) is 35.3 Å². The third kappa shape index (κ3) is 4.82. The van der Waals surface area contributed by atoms with Crippen molar-refractivity contribution in [2.75, 3.05) is 6.61 Å². The van der Waals surface area contributed by atoms with Crippen molar-refractivity contribution in [3.05, 3.63) is 70.8 Å². The number of hydrogen-bond donors (Lipinski definition) is 1. The van der Waals surface area contributed by atoms with E-state index in [0.717, 1.165) is 25.1 Å². The predicted octanol–water partition coefficient (Wildman–Crippen LogP) is 2.70. The molecule has 1 N–H and O–H groups in total. The van der Waals surface area contributed by atoms with Gasteiger partial charge in [0.2, 0.25) is 11.4 Å². The maximum atomic E-state index is 13.8. The molecule has 150 valence electrons. The molecule has 0 aliphatic carbocycles. The Morgan fingerprint density at radius 1 is 1.10 bits per heavy atom. The molecule has 0 saturated heterocycles. The van der Waals surface area contributed by atoms with Crippen LogP contribution in [0.25, 0.3) is 0 Å². The van der Waals surface area contributed by atoms with Crippen molar-refractivity contribution >= 4 is 17.7 Å². The molecule has 0 saturated carbocycles. The standard InChI is InChI=1S/C21H18F2N2O4/c1-3-29-20(28)21(12-24,25-13(2)26)11-14-7-9-15(10-8-14)19(27)18-16(22)5-4-6-17(18)23/h4-10H,3,11H2,1-2H3,(H,25,26). The van der Waals surface area contributed by atoms with E-state index in [1.165, 1.54) is 24.3 Å². The summed E-state index contributed by atoms with van der Waals surface area (Å²) in [5, 5.41) is 11.8. The normalized spacial score (nSPS) is 12.4. The molecule has 8 heteroatoms. The number of rotatable bonds is 7. The second kappa shape index (κ2) is 9.06. The summed E-state index contributed by atoms with van der Waals surface area (Å²) in [6.45, 7) is 2.75. The SMILES string of the molecule is CCOC(=O)C(C#N)(Cc1ccc(C(=O)c2c(F)cccc2F)cc1)NC(C)=O. The van der Waals surface area contributed by atoms with E-state index < -0.39 is 40.4 Å². The minimum atomic E-state index is -1.94. The van der Waals surface area contributed by atoms with Crippen LogP contribution in [0.3, 0.4) is 0 Å². The molecule has 0 radical (unpaired) electrons. The molecule has 1 atom stereocenters. The average molecular weight is 400 g/mol. The van der Waals surface area contributed by atoms with Gasteiger partial charge in [0.05, 0.1) is 12.2 Å². The molecule has 2 rings (SSSR count). The highest BCUT2D eigenvalue weighted by atomic mass is 19.1. The molecule has 2 aromatic carbocycles. The fraction of sp³-hybridized carbons (Fsp3) is 0.238. The van der Waals surface area contributed by atoms with Crippen LogP contribution in [-0.4, -0.2) is 29.8 Å². The minimum Gasteiger partial charge on any atom is -0.463 e. The molecule has 2 aromatic rings. The van der Waals surface area contributed by atoms with Crippen molar-refractivity contribution in [1.82, 2.24) is 5.32 Å². The second-order valence-electron chi connectivity index (χ2n) is 6.22. The molecule has 0 spiro atoms. The molecule has 0 bridgehead atoms. The van der Waals surface area contributed by atoms with Gasteiger partial charge in [-0.15, -0.1) is 0 Å². The molecule has 0 fully saturated rings. The van der Waals surface area contributed by atoms with Gasteiger partial charge in [-0.2, -0.15) is 5.26 Å². The first kappa shape index (κ1) is 21.7. The average Bonchev–Trinajstić information content (AvgIpc) is 2.67. The largest absolute Gasteiger partial charge is 0.463 e. The molecule has 29 heavy (non-hydrogen) atoms. The van der Waals surface area contributed by atoms with E-state index in [0.29, 0.717) is 5.56 Å². The van der Waals surface area contributed by atoms with Crippen molar-refractivity contribution in [3.8, 4) is 6.07 Å². The van der Waals surface area contributed by atoms with E-state index in [2.05, 4.69) is 5.32 Å². The van der Waals surface area contributed by atoms with E-state index in [9.17, 15) is 28.4 Å². The molecule has 0 heterocycles. The number of carbonyl (C=O) groups excluding carboxylic acids is 3. The minimum absolute atomic E-state index is 0.0174. The molecular formula is C21H18F2N2O4. The molecule has 0 aliphatic rings. The number of ether oxygens (including phenoxy) is 1. The molecule has 0 aromatic heterocycles. The summed E-state index contributed by atoms with van der Waals surface area (Å²) in [7, 11) is 0. The van der Waals surface area contributed by atoms with Crippen LogP contribution in [0.5, 0.6) is 0 Å². The van der Waals surface area contributed by atoms with Gasteiger partial charge in [0.15, 0.2) is 5.78 Å². The van der Waals surface area contributed by atoms with Crippen molar-refractivity contribution in [1.29, 1.82) is 5.26 Å². The van der Waals surface area contributed by atoms with Gasteiger partial charge in [-0.1, -0.05) is 30.3 Å². The Morgan fingerprint density at radius 2 is 1.69 bits per heavy atom. The van der Waals surface area contributed by atoms with Crippen LogP contribution < -0.4 is 5.32 Å². The van der Waals surface area contributed by atoms with E-state index in [1.807, 2.05) is 0 Å². The fourth-order valence-electron chi connectivity index (χ4n) is 2.77. The highest BCUT2D eigenvalue weighted by molar-refractivity contribution is 6.09. The number of halogens is 2. The number of nitriles is 1. The zero-order valence-corrected chi connectivity index (χ0v) is 15.8. The van der Waals surface area contributed by atoms with Crippen LogP contribution in [0.15, 0.2) is 42.5 Å². The first-order valence-corrected chi connectivity index (χ1v) is 8.69. The summed E-state index contributed by atoms with van der Waals surface area (Å²) < 4.78 is 32.6. The van der Waals surface area contributed by atoms with Gasteiger partial charge in [-0.25, -0.2) is 13.6 Å². The maximum absolute atomic E-state index is 13.8. The third-order valence-electron chi connectivity index (χ3n) is 4.08. The Labute approximate surface area is 166 Å². The van der Waals surface area contributed by atoms with Crippen molar-refractivity contribution in [2.24, 2.45) is 0 Å². The zero-order valence-electron chi connectivity index (χ0n) is 15.8. The predicted molar refractivity (Wildman–Crippen MR) is 98.7 cm³/mol. The number of ketones is 1. The zero-order chi connectivity index (χ0) is 21.6. The lowest BCUT2D eigenvalue weighted by atomic mass is 9.91. The van der Waals surface area contributed by atoms with Crippen LogP contribution in [0.2, 0.25) is 0 Å². The molecular weight excluding hydrogens is 382 g/mol. The first-order chi connectivity index (χ1) is 13.7. The van der Waals surface area contributed by atoms with Gasteiger partial charge in [0.25, 0.3) is 0 Å². The van der Waals surface area contributed by atoms with Crippen LogP contribution in [0.4, 0.5) is 8.78 Å². The molecule has 1 unspecified atom stereocenters. The summed E-state index contributed by atoms with van der Waals surface area (Å²) in [5.41, 5.74) is -2.16. The van der Waals surface area contributed by atoms with Gasteiger partial charge < -0.3 is 10.1 Å². The van der Waals surface area contributed by atoms with Crippen molar-refractivity contribution in [2.45, 2.75) is 25.8 Å². The smallest absolute Gasteiger partial charge is 0.347 e. The lowest BCUT2D eigenvalue weighted by Crippen LogP contribution is -2.55. The number of benzene rings is 2. The van der Waals surface area contributed by atoms with Crippen LogP contribution in [-0.2, 0) is 20.7 Å². The number of amides is 1. The van der Waals surface area contributed by atoms with E-state index >= 15 is 0 Å². The van der Waals surface area contributed by atoms with Gasteiger partial charge >= 0.3 is 5.97 Å². The van der Waals surface area contributed by atoms with Gasteiger partial charge in [-0.05, 0) is 24.6 Å². The number of esters is 1. The van der Waals surface area contributed by atoms with Crippen molar-refractivity contribution in [3.63, 3.8) is 0 Å². The molecule has 6 nitrogen and oxygen atoms in total. The number of carbonyl (C=O) groups is 3. The van der Waals surface area contributed by atoms with Crippen LogP contribution >= 0.6 is 0 Å². The number of nitrogens with zero attached hydrogens (tertiary/aromatic N) is 1. The van der Waals surface area contributed by atoms with Gasteiger partial charge in [-0.3, -0.25) is 9.59 Å². The molecule has 0 aliphatic heterocycles. The number of nitrogens with one attached hydrogen (secondary N) is 1. The summed E-state index contributed by atoms with van der Waals surface area (Å²) in [6.07, 6.45) is -0.218. The van der Waals surface area contributed by atoms with Crippen LogP contribution in [0, 0.1) is 23.0 Å². The summed E-state index contributed by atoms with van der Waals surface area (Å²) in [5.74, 6) is -4.30. The Bertz CT molecular complexity index is 963.